The average molecular weight is 339 g/mol. The largest absolute Gasteiger partial charge is 0.366 e. The molecule has 0 fully saturated rings. The van der Waals surface area contributed by atoms with Crippen LogP contribution >= 0.6 is 0 Å². The van der Waals surface area contributed by atoms with Crippen molar-refractivity contribution in [3.63, 3.8) is 0 Å². The highest BCUT2D eigenvalue weighted by Crippen LogP contribution is 2.15. The number of amides is 3. The van der Waals surface area contributed by atoms with Crippen LogP contribution in [0.15, 0.2) is 48.5 Å². The molecule has 2 aromatic carbocycles. The van der Waals surface area contributed by atoms with Crippen LogP contribution in [0.3, 0.4) is 0 Å². The number of aryl methyl sites for hydroxylation is 1. The summed E-state index contributed by atoms with van der Waals surface area (Å²) in [7, 11) is 0. The fraction of sp³-hybridized carbons (Fsp3) is 0.211. The lowest BCUT2D eigenvalue weighted by Crippen LogP contribution is -2.30. The maximum Gasteiger partial charge on any atom is 0.314 e. The first kappa shape index (κ1) is 18.2. The fourth-order valence-electron chi connectivity index (χ4n) is 2.31. The van der Waals surface area contributed by atoms with Crippen LogP contribution in [0.4, 0.5) is 11.4 Å². The Labute approximate surface area is 146 Å². The van der Waals surface area contributed by atoms with Crippen molar-refractivity contribution >= 4 is 29.1 Å². The van der Waals surface area contributed by atoms with Crippen LogP contribution in [0.25, 0.3) is 0 Å². The number of nitrogens with one attached hydrogen (secondary N) is 2. The summed E-state index contributed by atoms with van der Waals surface area (Å²) in [5, 5.41) is 4.93. The highest BCUT2D eigenvalue weighted by molar-refractivity contribution is 6.44. The predicted molar refractivity (Wildman–Crippen MR) is 97.3 cm³/mol. The first-order chi connectivity index (χ1) is 12.0. The number of benzene rings is 2. The number of carbonyl (C=O) groups excluding carboxylic acids is 3. The van der Waals surface area contributed by atoms with Gasteiger partial charge in [-0.2, -0.15) is 0 Å². The average Bonchev–Trinajstić information content (AvgIpc) is 2.61. The van der Waals surface area contributed by atoms with Gasteiger partial charge in [-0.05, 0) is 42.7 Å². The van der Waals surface area contributed by atoms with Gasteiger partial charge in [-0.15, -0.1) is 0 Å². The van der Waals surface area contributed by atoms with Crippen LogP contribution in [0.5, 0.6) is 0 Å². The molecule has 0 spiro atoms. The molecular formula is C19H21N3O3. The highest BCUT2D eigenvalue weighted by Gasteiger charge is 2.17. The highest BCUT2D eigenvalue weighted by atomic mass is 16.2. The van der Waals surface area contributed by atoms with Crippen molar-refractivity contribution in [2.24, 2.45) is 5.73 Å². The molecule has 0 aromatic heterocycles. The molecule has 2 aromatic rings. The lowest BCUT2D eigenvalue weighted by molar-refractivity contribution is -0.133. The molecule has 0 heterocycles. The number of hydrogen-bond acceptors (Lipinski definition) is 3. The molecule has 0 saturated heterocycles. The van der Waals surface area contributed by atoms with Gasteiger partial charge in [0.2, 0.25) is 0 Å². The minimum atomic E-state index is -0.872. The molecule has 0 atom stereocenters. The van der Waals surface area contributed by atoms with E-state index in [9.17, 15) is 14.4 Å². The summed E-state index contributed by atoms with van der Waals surface area (Å²) in [6.07, 6.45) is 3.20. The molecule has 2 rings (SSSR count). The zero-order valence-electron chi connectivity index (χ0n) is 14.0. The Morgan fingerprint density at radius 2 is 1.56 bits per heavy atom. The third-order valence-electron chi connectivity index (χ3n) is 3.68. The summed E-state index contributed by atoms with van der Waals surface area (Å²) in [5.74, 6) is -2.37. The zero-order chi connectivity index (χ0) is 18.2. The van der Waals surface area contributed by atoms with Crippen LogP contribution in [-0.4, -0.2) is 17.7 Å². The Morgan fingerprint density at radius 3 is 2.20 bits per heavy atom. The Morgan fingerprint density at radius 1 is 0.920 bits per heavy atom. The zero-order valence-corrected chi connectivity index (χ0v) is 14.0. The molecule has 130 valence electrons. The minimum absolute atomic E-state index is 0.143. The van der Waals surface area contributed by atoms with Gasteiger partial charge in [0.25, 0.3) is 5.91 Å². The van der Waals surface area contributed by atoms with E-state index in [4.69, 9.17) is 5.73 Å². The third kappa shape index (κ3) is 5.17. The summed E-state index contributed by atoms with van der Waals surface area (Å²) < 4.78 is 0. The van der Waals surface area contributed by atoms with Crippen LogP contribution in [-0.2, 0) is 16.0 Å². The Bertz CT molecular complexity index is 770. The van der Waals surface area contributed by atoms with Crippen molar-refractivity contribution in [3.8, 4) is 0 Å². The quantitative estimate of drug-likeness (QED) is 0.705. The van der Waals surface area contributed by atoms with E-state index in [1.807, 2.05) is 12.1 Å². The second-order valence-corrected chi connectivity index (χ2v) is 5.62. The van der Waals surface area contributed by atoms with Gasteiger partial charge >= 0.3 is 11.8 Å². The van der Waals surface area contributed by atoms with E-state index >= 15 is 0 Å². The molecule has 6 heteroatoms. The summed E-state index contributed by atoms with van der Waals surface area (Å²) in [4.78, 5) is 35.4. The minimum Gasteiger partial charge on any atom is -0.366 e. The number of carbonyl (C=O) groups is 3. The SMILES string of the molecule is CCCCc1ccc(NC(=O)C(=O)Nc2ccccc2C(N)=O)cc1. The maximum atomic E-state index is 12.0. The molecule has 0 aliphatic rings. The van der Waals surface area contributed by atoms with E-state index in [0.29, 0.717) is 5.69 Å². The molecular weight excluding hydrogens is 318 g/mol. The lowest BCUT2D eigenvalue weighted by Gasteiger charge is -2.09. The number of primary amides is 1. The van der Waals surface area contributed by atoms with E-state index < -0.39 is 17.7 Å². The number of para-hydroxylation sites is 1. The molecule has 0 radical (unpaired) electrons. The third-order valence-corrected chi connectivity index (χ3v) is 3.68. The molecule has 4 N–H and O–H groups in total. The molecule has 0 aliphatic carbocycles. The fourth-order valence-corrected chi connectivity index (χ4v) is 2.31. The topological polar surface area (TPSA) is 101 Å². The van der Waals surface area contributed by atoms with E-state index in [0.717, 1.165) is 19.3 Å². The number of hydrogen-bond donors (Lipinski definition) is 3. The van der Waals surface area contributed by atoms with Crippen molar-refractivity contribution in [1.29, 1.82) is 0 Å². The van der Waals surface area contributed by atoms with E-state index in [1.54, 1.807) is 24.3 Å². The molecule has 25 heavy (non-hydrogen) atoms. The van der Waals surface area contributed by atoms with Gasteiger partial charge in [0.1, 0.15) is 0 Å². The molecule has 3 amide bonds. The predicted octanol–water partition coefficient (Wildman–Crippen LogP) is 2.71. The smallest absolute Gasteiger partial charge is 0.314 e. The molecule has 0 unspecified atom stereocenters. The number of unbranched alkanes of at least 4 members (excludes halogenated alkanes) is 1. The first-order valence-electron chi connectivity index (χ1n) is 8.11. The maximum absolute atomic E-state index is 12.0. The van der Waals surface area contributed by atoms with Gasteiger partial charge in [0.05, 0.1) is 11.3 Å². The number of rotatable bonds is 6. The monoisotopic (exact) mass is 339 g/mol. The molecule has 0 saturated carbocycles. The van der Waals surface area contributed by atoms with Gasteiger partial charge in [-0.25, -0.2) is 0 Å². The van der Waals surface area contributed by atoms with Crippen LogP contribution < -0.4 is 16.4 Å². The number of nitrogens with two attached hydrogens (primary N) is 1. The van der Waals surface area contributed by atoms with Crippen LogP contribution in [0.2, 0.25) is 0 Å². The normalized spacial score (nSPS) is 10.1. The molecule has 0 bridgehead atoms. The van der Waals surface area contributed by atoms with Gasteiger partial charge in [-0.1, -0.05) is 37.6 Å². The van der Waals surface area contributed by atoms with E-state index in [-0.39, 0.29) is 11.3 Å². The Balaban J connectivity index is 1.99. The van der Waals surface area contributed by atoms with Crippen LogP contribution in [0, 0.1) is 0 Å². The Kier molecular flexibility index (Phi) is 6.28. The van der Waals surface area contributed by atoms with Crippen molar-refractivity contribution in [2.45, 2.75) is 26.2 Å². The second-order valence-electron chi connectivity index (χ2n) is 5.62. The Hall–Kier alpha value is -3.15. The van der Waals surface area contributed by atoms with E-state index in [1.165, 1.54) is 17.7 Å². The number of anilines is 2. The van der Waals surface area contributed by atoms with Crippen LogP contribution in [0.1, 0.15) is 35.7 Å². The molecule has 6 nitrogen and oxygen atoms in total. The van der Waals surface area contributed by atoms with Gasteiger partial charge in [0, 0.05) is 5.69 Å². The first-order valence-corrected chi connectivity index (χ1v) is 8.11. The van der Waals surface area contributed by atoms with Crippen molar-refractivity contribution in [3.05, 3.63) is 59.7 Å². The van der Waals surface area contributed by atoms with Crippen molar-refractivity contribution in [2.75, 3.05) is 10.6 Å². The summed E-state index contributed by atoms with van der Waals surface area (Å²) >= 11 is 0. The summed E-state index contributed by atoms with van der Waals surface area (Å²) in [6, 6.07) is 13.6. The van der Waals surface area contributed by atoms with Crippen molar-refractivity contribution < 1.29 is 14.4 Å². The lowest BCUT2D eigenvalue weighted by atomic mass is 10.1. The standard InChI is InChI=1S/C19H21N3O3/c1-2-3-6-13-9-11-14(12-10-13)21-18(24)19(25)22-16-8-5-4-7-15(16)17(20)23/h4-5,7-12H,2-3,6H2,1H3,(H2,20,23)(H,21,24)(H,22,25). The molecule has 0 aliphatic heterocycles. The van der Waals surface area contributed by atoms with Gasteiger partial charge in [0.15, 0.2) is 0 Å². The van der Waals surface area contributed by atoms with E-state index in [2.05, 4.69) is 17.6 Å². The van der Waals surface area contributed by atoms with Crippen molar-refractivity contribution in [1.82, 2.24) is 0 Å². The van der Waals surface area contributed by atoms with Gasteiger partial charge in [-0.3, -0.25) is 14.4 Å². The van der Waals surface area contributed by atoms with Gasteiger partial charge < -0.3 is 16.4 Å². The summed E-state index contributed by atoms with van der Waals surface area (Å²) in [6.45, 7) is 2.13. The second kappa shape index (κ2) is 8.63. The summed E-state index contributed by atoms with van der Waals surface area (Å²) in [5.41, 5.74) is 7.30.